The van der Waals surface area contributed by atoms with Crippen molar-refractivity contribution < 1.29 is 13.8 Å². The van der Waals surface area contributed by atoms with Crippen LogP contribution >= 0.6 is 0 Å². The number of carbonyl (C=O) groups excluding carboxylic acids is 2. The standard InChI is InChI=1S/C18H22N4O.C17H22N4O2S/c1-12-19-15-4-2-3-14-17(15)21(12)9-10-22(18(14)23)16-11-20-7-5-13(16)6-8-20;1-24(23)18-14-4-2-3-13-16(14)21(24)10-9-20(17(13)22)15-11-19-7-5-12(15)6-8-19/h2-4,13,16,19H,1,5-11H2;2-4,12,15H,1,5-11H2,(H,18,23). The van der Waals surface area contributed by atoms with Gasteiger partial charge in [-0.2, -0.15) is 0 Å². The molecular formula is C35H44N8O3S. The fourth-order valence-corrected chi connectivity index (χ4v) is 11.0. The van der Waals surface area contributed by atoms with E-state index in [1.165, 1.54) is 38.8 Å². The Morgan fingerprint density at radius 3 is 1.77 bits per heavy atom. The average Bonchev–Trinajstić information content (AvgIpc) is 3.42. The van der Waals surface area contributed by atoms with Crippen molar-refractivity contribution >= 4 is 50.3 Å². The summed E-state index contributed by atoms with van der Waals surface area (Å²) in [4.78, 5) is 37.9. The van der Waals surface area contributed by atoms with Crippen LogP contribution in [0.1, 0.15) is 46.4 Å². The smallest absolute Gasteiger partial charge is 0.256 e. The molecule has 248 valence electrons. The quantitative estimate of drug-likeness (QED) is 0.481. The number of anilines is 4. The minimum atomic E-state index is -2.58. The molecule has 3 unspecified atom stereocenters. The van der Waals surface area contributed by atoms with E-state index in [0.717, 1.165) is 73.4 Å². The third kappa shape index (κ3) is 4.66. The van der Waals surface area contributed by atoms with E-state index in [2.05, 4.69) is 42.1 Å². The number of piperidine rings is 6. The molecular weight excluding hydrogens is 613 g/mol. The van der Waals surface area contributed by atoms with E-state index in [4.69, 9.17) is 0 Å². The molecule has 0 aliphatic carbocycles. The van der Waals surface area contributed by atoms with Crippen molar-refractivity contribution in [3.05, 3.63) is 59.9 Å². The van der Waals surface area contributed by atoms with E-state index in [1.807, 2.05) is 41.3 Å². The molecule has 0 saturated carbocycles. The molecule has 10 heterocycles. The molecule has 10 aliphatic rings. The molecule has 0 spiro atoms. The van der Waals surface area contributed by atoms with Gasteiger partial charge in [-0.3, -0.25) is 18.6 Å². The van der Waals surface area contributed by atoms with Gasteiger partial charge in [-0.05, 0) is 93.8 Å². The largest absolute Gasteiger partial charge is 0.340 e. The van der Waals surface area contributed by atoms with Crippen molar-refractivity contribution in [2.45, 2.75) is 37.8 Å². The minimum Gasteiger partial charge on any atom is -0.340 e. The summed E-state index contributed by atoms with van der Waals surface area (Å²) >= 11 is 0. The minimum absolute atomic E-state index is 0.0759. The number of carbonyl (C=O) groups is 2. The van der Waals surface area contributed by atoms with Crippen LogP contribution in [0.3, 0.4) is 0 Å². The molecule has 12 heteroatoms. The molecule has 0 radical (unpaired) electrons. The molecule has 10 aliphatic heterocycles. The summed E-state index contributed by atoms with van der Waals surface area (Å²) in [5, 5.41) is 3.30. The first kappa shape index (κ1) is 29.4. The van der Waals surface area contributed by atoms with Gasteiger partial charge in [0.2, 0.25) is 0 Å². The summed E-state index contributed by atoms with van der Waals surface area (Å²) in [7, 11) is -2.58. The van der Waals surface area contributed by atoms with Crippen LogP contribution in [0, 0.1) is 11.8 Å². The number of fused-ring (bicyclic) bond motifs is 6. The predicted molar refractivity (Wildman–Crippen MR) is 187 cm³/mol. The second-order valence-corrected chi connectivity index (χ2v) is 16.3. The predicted octanol–water partition coefficient (Wildman–Crippen LogP) is 2.95. The lowest BCUT2D eigenvalue weighted by atomic mass is 9.83. The second-order valence-electron chi connectivity index (χ2n) is 14.4. The third-order valence-corrected chi connectivity index (χ3v) is 13.6. The van der Waals surface area contributed by atoms with Crippen LogP contribution in [-0.2, 0) is 9.89 Å². The maximum atomic E-state index is 13.3. The molecule has 11 nitrogen and oxygen atoms in total. The summed E-state index contributed by atoms with van der Waals surface area (Å²) in [5.74, 6) is 6.29. The van der Waals surface area contributed by atoms with Crippen LogP contribution < -0.4 is 19.2 Å². The summed E-state index contributed by atoms with van der Waals surface area (Å²) in [6.45, 7) is 13.6. The van der Waals surface area contributed by atoms with E-state index in [0.29, 0.717) is 36.5 Å². The van der Waals surface area contributed by atoms with Crippen LogP contribution in [0.2, 0.25) is 0 Å². The lowest BCUT2D eigenvalue weighted by molar-refractivity contribution is 0.00887. The third-order valence-electron chi connectivity index (χ3n) is 12.0. The van der Waals surface area contributed by atoms with Crippen LogP contribution in [0.4, 0.5) is 22.7 Å². The molecule has 47 heavy (non-hydrogen) atoms. The number of nitrogens with zero attached hydrogens (tertiary/aromatic N) is 6. The number of nitrogens with one attached hydrogen (secondary N) is 2. The molecule has 2 aromatic rings. The lowest BCUT2D eigenvalue weighted by Crippen LogP contribution is -2.59. The Labute approximate surface area is 277 Å². The Hall–Kier alpha value is -3.74. The Morgan fingerprint density at radius 2 is 1.21 bits per heavy atom. The first-order chi connectivity index (χ1) is 22.8. The number of benzene rings is 2. The van der Waals surface area contributed by atoms with Crippen LogP contribution in [0.25, 0.3) is 0 Å². The van der Waals surface area contributed by atoms with Crippen molar-refractivity contribution in [1.29, 1.82) is 0 Å². The van der Waals surface area contributed by atoms with Crippen LogP contribution in [-0.4, -0.2) is 119 Å². The first-order valence-electron chi connectivity index (χ1n) is 17.3. The Morgan fingerprint density at radius 1 is 0.681 bits per heavy atom. The molecule has 6 saturated heterocycles. The van der Waals surface area contributed by atoms with E-state index in [9.17, 15) is 13.8 Å². The van der Waals surface area contributed by atoms with Gasteiger partial charge in [0.1, 0.15) is 15.7 Å². The van der Waals surface area contributed by atoms with Crippen molar-refractivity contribution in [3.8, 4) is 0 Å². The van der Waals surface area contributed by atoms with Gasteiger partial charge in [0.25, 0.3) is 11.8 Å². The zero-order chi connectivity index (χ0) is 32.0. The van der Waals surface area contributed by atoms with Gasteiger partial charge in [0, 0.05) is 44.8 Å². The van der Waals surface area contributed by atoms with Gasteiger partial charge in [-0.15, -0.1) is 0 Å². The van der Waals surface area contributed by atoms with Gasteiger partial charge in [-0.1, -0.05) is 18.7 Å². The topological polar surface area (TPSA) is 94.7 Å². The second kappa shape index (κ2) is 10.9. The molecule has 2 aromatic carbocycles. The summed E-state index contributed by atoms with van der Waals surface area (Å²) in [5.41, 5.74) is 5.04. The number of hydrogen-bond donors (Lipinski definition) is 2. The number of hydrogen-bond acceptors (Lipinski definition) is 7. The Bertz CT molecular complexity index is 1760. The maximum Gasteiger partial charge on any atom is 0.256 e. The highest BCUT2D eigenvalue weighted by atomic mass is 32.2. The molecule has 6 fully saturated rings. The zero-order valence-corrected chi connectivity index (χ0v) is 27.7. The molecule has 2 amide bonds. The van der Waals surface area contributed by atoms with Gasteiger partial charge < -0.3 is 29.8 Å². The van der Waals surface area contributed by atoms with Crippen molar-refractivity contribution in [2.24, 2.45) is 11.8 Å². The lowest BCUT2D eigenvalue weighted by Gasteiger charge is -2.48. The highest BCUT2D eigenvalue weighted by Gasteiger charge is 2.44. The molecule has 0 aromatic heterocycles. The normalized spacial score (nSPS) is 34.6. The molecule has 4 bridgehead atoms. The Kier molecular flexibility index (Phi) is 6.82. The fraction of sp³-hybridized carbons (Fsp3) is 0.514. The van der Waals surface area contributed by atoms with E-state index in [1.54, 1.807) is 4.31 Å². The SMILES string of the molecule is C=C1Nc2cccc3c2N1CCN(C1CN2CCC1CC2)C3=O.C=S1(=O)Nc2cccc3c2N1CCN(C1CN2CCC1CC2)C3=O. The molecule has 3 atom stereocenters. The Balaban J connectivity index is 0.000000129. The molecule has 12 rings (SSSR count). The number of para-hydroxylation sites is 2. The summed E-state index contributed by atoms with van der Waals surface area (Å²) < 4.78 is 17.6. The zero-order valence-electron chi connectivity index (χ0n) is 26.9. The van der Waals surface area contributed by atoms with Crippen LogP contribution in [0.5, 0.6) is 0 Å². The van der Waals surface area contributed by atoms with E-state index < -0.39 is 9.89 Å². The number of rotatable bonds is 2. The van der Waals surface area contributed by atoms with Crippen molar-refractivity contribution in [1.82, 2.24) is 19.6 Å². The van der Waals surface area contributed by atoms with E-state index >= 15 is 0 Å². The van der Waals surface area contributed by atoms with Gasteiger partial charge in [0.15, 0.2) is 0 Å². The highest BCUT2D eigenvalue weighted by Crippen LogP contribution is 2.43. The van der Waals surface area contributed by atoms with Gasteiger partial charge in [-0.25, -0.2) is 4.21 Å². The van der Waals surface area contributed by atoms with Gasteiger partial charge >= 0.3 is 0 Å². The average molecular weight is 657 g/mol. The maximum absolute atomic E-state index is 13.3. The monoisotopic (exact) mass is 656 g/mol. The van der Waals surface area contributed by atoms with Crippen LogP contribution in [0.15, 0.2) is 48.8 Å². The summed E-state index contributed by atoms with van der Waals surface area (Å²) in [6, 6.07) is 12.2. The van der Waals surface area contributed by atoms with Gasteiger partial charge in [0.05, 0.1) is 40.4 Å². The molecule has 2 N–H and O–H groups in total. The van der Waals surface area contributed by atoms with E-state index in [-0.39, 0.29) is 17.9 Å². The van der Waals surface area contributed by atoms with Crippen molar-refractivity contribution in [3.63, 3.8) is 0 Å². The fourth-order valence-electron chi connectivity index (χ4n) is 9.54. The first-order valence-corrected chi connectivity index (χ1v) is 18.9. The highest BCUT2D eigenvalue weighted by molar-refractivity contribution is 8.03. The summed E-state index contributed by atoms with van der Waals surface area (Å²) in [6.07, 6.45) is 4.83. The van der Waals surface area contributed by atoms with Crippen molar-refractivity contribution in [2.75, 3.05) is 84.7 Å². The number of amides is 2.